The Hall–Kier alpha value is -1.91. The second kappa shape index (κ2) is 7.11. The summed E-state index contributed by atoms with van der Waals surface area (Å²) in [6.07, 6.45) is 0.610. The number of piperazine rings is 1. The van der Waals surface area contributed by atoms with E-state index in [4.69, 9.17) is 0 Å². The monoisotopic (exact) mass is 314 g/mol. The lowest BCUT2D eigenvalue weighted by Gasteiger charge is -2.33. The first-order valence-electron chi connectivity index (χ1n) is 8.17. The molecule has 23 heavy (non-hydrogen) atoms. The molecule has 2 aromatic carbocycles. The molecule has 1 aliphatic heterocycles. The number of phenols is 1. The minimum atomic E-state index is -0.492. The normalized spacial score (nSPS) is 19.0. The highest BCUT2D eigenvalue weighted by molar-refractivity contribution is 5.70. The van der Waals surface area contributed by atoms with Crippen LogP contribution >= 0.6 is 0 Å². The molecule has 1 aliphatic rings. The van der Waals surface area contributed by atoms with Gasteiger partial charge in [-0.2, -0.15) is 0 Å². The number of aromatic hydroxyl groups is 1. The van der Waals surface area contributed by atoms with Gasteiger partial charge in [-0.25, -0.2) is 4.39 Å². The Morgan fingerprint density at radius 1 is 1.22 bits per heavy atom. The van der Waals surface area contributed by atoms with Crippen LogP contribution in [0.5, 0.6) is 5.75 Å². The van der Waals surface area contributed by atoms with Crippen LogP contribution in [-0.2, 0) is 6.42 Å². The van der Waals surface area contributed by atoms with E-state index in [1.165, 1.54) is 0 Å². The van der Waals surface area contributed by atoms with Gasteiger partial charge in [0.15, 0.2) is 11.6 Å². The molecule has 0 spiro atoms. The molecule has 1 atom stereocenters. The van der Waals surface area contributed by atoms with Crippen molar-refractivity contribution in [2.75, 3.05) is 26.2 Å². The lowest BCUT2D eigenvalue weighted by molar-refractivity contribution is 0.175. The number of rotatable bonds is 4. The molecule has 122 valence electrons. The zero-order valence-corrected chi connectivity index (χ0v) is 13.4. The molecule has 0 amide bonds. The van der Waals surface area contributed by atoms with Crippen LogP contribution < -0.4 is 5.32 Å². The second-order valence-electron chi connectivity index (χ2n) is 6.14. The molecular weight excluding hydrogens is 291 g/mol. The van der Waals surface area contributed by atoms with E-state index in [9.17, 15) is 9.50 Å². The summed E-state index contributed by atoms with van der Waals surface area (Å²) in [5, 5.41) is 13.6. The number of nitrogens with zero attached hydrogens (tertiary/aromatic N) is 1. The molecule has 1 unspecified atom stereocenters. The summed E-state index contributed by atoms with van der Waals surface area (Å²) in [6, 6.07) is 13.5. The van der Waals surface area contributed by atoms with E-state index in [1.807, 2.05) is 36.4 Å². The first kappa shape index (κ1) is 16.0. The summed E-state index contributed by atoms with van der Waals surface area (Å²) in [7, 11) is 0. The topological polar surface area (TPSA) is 35.5 Å². The van der Waals surface area contributed by atoms with Crippen molar-refractivity contribution in [3.8, 4) is 16.9 Å². The highest BCUT2D eigenvalue weighted by Gasteiger charge is 2.19. The number of hydrogen-bond donors (Lipinski definition) is 2. The van der Waals surface area contributed by atoms with Crippen LogP contribution in [0, 0.1) is 5.82 Å². The maximum absolute atomic E-state index is 14.5. The van der Waals surface area contributed by atoms with Crippen LogP contribution in [0.1, 0.15) is 12.5 Å². The van der Waals surface area contributed by atoms with Gasteiger partial charge in [-0.15, -0.1) is 0 Å². The number of phenolic OH excluding ortho intramolecular Hbond substituents is 1. The lowest BCUT2D eigenvalue weighted by Crippen LogP contribution is -2.50. The number of halogens is 1. The molecule has 1 saturated heterocycles. The van der Waals surface area contributed by atoms with E-state index in [0.29, 0.717) is 23.6 Å². The Morgan fingerprint density at radius 2 is 2.00 bits per heavy atom. The summed E-state index contributed by atoms with van der Waals surface area (Å²) >= 11 is 0. The van der Waals surface area contributed by atoms with Crippen molar-refractivity contribution in [2.24, 2.45) is 0 Å². The van der Waals surface area contributed by atoms with Crippen molar-refractivity contribution in [1.82, 2.24) is 10.2 Å². The Balaban J connectivity index is 1.75. The molecule has 0 saturated carbocycles. The third-order valence-electron chi connectivity index (χ3n) is 4.59. The minimum absolute atomic E-state index is 0.248. The second-order valence-corrected chi connectivity index (χ2v) is 6.14. The summed E-state index contributed by atoms with van der Waals surface area (Å²) in [4.78, 5) is 2.36. The third-order valence-corrected chi connectivity index (χ3v) is 4.59. The van der Waals surface area contributed by atoms with E-state index in [1.54, 1.807) is 6.07 Å². The largest absolute Gasteiger partial charge is 0.504 e. The van der Waals surface area contributed by atoms with Crippen LogP contribution in [0.3, 0.4) is 0 Å². The van der Waals surface area contributed by atoms with Gasteiger partial charge in [0.25, 0.3) is 0 Å². The van der Waals surface area contributed by atoms with Gasteiger partial charge in [-0.3, -0.25) is 4.90 Å². The summed E-state index contributed by atoms with van der Waals surface area (Å²) in [6.45, 7) is 5.92. The first-order chi connectivity index (χ1) is 11.2. The minimum Gasteiger partial charge on any atom is -0.504 e. The van der Waals surface area contributed by atoms with Crippen molar-refractivity contribution in [2.45, 2.75) is 19.4 Å². The lowest BCUT2D eigenvalue weighted by atomic mass is 10.0. The van der Waals surface area contributed by atoms with Gasteiger partial charge in [0, 0.05) is 37.8 Å². The summed E-state index contributed by atoms with van der Waals surface area (Å²) in [5.41, 5.74) is 1.95. The van der Waals surface area contributed by atoms with Crippen LogP contribution in [0.4, 0.5) is 4.39 Å². The molecule has 0 radical (unpaired) electrons. The zero-order valence-electron chi connectivity index (χ0n) is 13.4. The number of hydrogen-bond acceptors (Lipinski definition) is 3. The van der Waals surface area contributed by atoms with Crippen molar-refractivity contribution in [1.29, 1.82) is 0 Å². The molecule has 0 bridgehead atoms. The summed E-state index contributed by atoms with van der Waals surface area (Å²) < 4.78 is 14.5. The average molecular weight is 314 g/mol. The predicted octanol–water partition coefficient (Wildman–Crippen LogP) is 3.03. The molecule has 2 N–H and O–H groups in total. The van der Waals surface area contributed by atoms with Gasteiger partial charge >= 0.3 is 0 Å². The van der Waals surface area contributed by atoms with Crippen molar-refractivity contribution in [3.63, 3.8) is 0 Å². The maximum atomic E-state index is 14.5. The number of nitrogens with one attached hydrogen (secondary N) is 1. The van der Waals surface area contributed by atoms with Gasteiger partial charge in [0.2, 0.25) is 0 Å². The zero-order chi connectivity index (χ0) is 16.2. The van der Waals surface area contributed by atoms with E-state index < -0.39 is 5.82 Å². The Labute approximate surface area is 136 Å². The molecule has 0 aliphatic carbocycles. The van der Waals surface area contributed by atoms with Gasteiger partial charge in [-0.05, 0) is 24.5 Å². The van der Waals surface area contributed by atoms with E-state index in [0.717, 1.165) is 31.7 Å². The van der Waals surface area contributed by atoms with Gasteiger partial charge in [-0.1, -0.05) is 42.5 Å². The Kier molecular flexibility index (Phi) is 4.94. The standard InChI is InChI=1S/C19H23FN2O/c1-14-13-21-10-12-22(14)11-9-16-7-8-17(19(23)18(16)20)15-5-3-2-4-6-15/h2-8,14,21,23H,9-13H2,1H3. The fraction of sp³-hybridized carbons (Fsp3) is 0.368. The predicted molar refractivity (Wildman–Crippen MR) is 91.1 cm³/mol. The molecule has 0 aromatic heterocycles. The highest BCUT2D eigenvalue weighted by Crippen LogP contribution is 2.33. The maximum Gasteiger partial charge on any atom is 0.168 e. The van der Waals surface area contributed by atoms with Crippen LogP contribution in [0.25, 0.3) is 11.1 Å². The third kappa shape index (κ3) is 3.54. The highest BCUT2D eigenvalue weighted by atomic mass is 19.1. The molecule has 1 fully saturated rings. The molecule has 2 aromatic rings. The quantitative estimate of drug-likeness (QED) is 0.910. The van der Waals surface area contributed by atoms with E-state index >= 15 is 0 Å². The fourth-order valence-electron chi connectivity index (χ4n) is 3.13. The van der Waals surface area contributed by atoms with E-state index in [2.05, 4.69) is 17.1 Å². The Morgan fingerprint density at radius 3 is 2.74 bits per heavy atom. The smallest absolute Gasteiger partial charge is 0.168 e. The van der Waals surface area contributed by atoms with Crippen molar-refractivity contribution < 1.29 is 9.50 Å². The SMILES string of the molecule is CC1CNCCN1CCc1ccc(-c2ccccc2)c(O)c1F. The van der Waals surface area contributed by atoms with Gasteiger partial charge in [0.1, 0.15) is 0 Å². The average Bonchev–Trinajstić information content (AvgIpc) is 2.58. The van der Waals surface area contributed by atoms with Crippen LogP contribution in [0.2, 0.25) is 0 Å². The van der Waals surface area contributed by atoms with Gasteiger partial charge in [0.05, 0.1) is 0 Å². The van der Waals surface area contributed by atoms with E-state index in [-0.39, 0.29) is 5.75 Å². The van der Waals surface area contributed by atoms with Crippen LogP contribution in [-0.4, -0.2) is 42.2 Å². The van der Waals surface area contributed by atoms with Gasteiger partial charge < -0.3 is 10.4 Å². The van der Waals surface area contributed by atoms with Crippen molar-refractivity contribution in [3.05, 3.63) is 53.8 Å². The molecule has 3 nitrogen and oxygen atoms in total. The Bertz CT molecular complexity index is 660. The first-order valence-corrected chi connectivity index (χ1v) is 8.17. The molecule has 4 heteroatoms. The van der Waals surface area contributed by atoms with Crippen LogP contribution in [0.15, 0.2) is 42.5 Å². The number of benzene rings is 2. The molecular formula is C19H23FN2O. The van der Waals surface area contributed by atoms with Crippen molar-refractivity contribution >= 4 is 0 Å². The summed E-state index contributed by atoms with van der Waals surface area (Å²) in [5.74, 6) is -0.740. The molecule has 1 heterocycles. The molecule has 3 rings (SSSR count). The fourth-order valence-corrected chi connectivity index (χ4v) is 3.13.